The number of aliphatic hydroxyl groups excluding tert-OH is 4. The summed E-state index contributed by atoms with van der Waals surface area (Å²) in [4.78, 5) is 22.6. The van der Waals surface area contributed by atoms with E-state index in [2.05, 4.69) is 10.1 Å². The highest BCUT2D eigenvalue weighted by Crippen LogP contribution is 2.30. The predicted octanol–water partition coefficient (Wildman–Crippen LogP) is -3.83. The second kappa shape index (κ2) is 6.64. The van der Waals surface area contributed by atoms with Crippen LogP contribution in [0.2, 0.25) is 0 Å². The highest BCUT2D eigenvalue weighted by Gasteiger charge is 2.59. The summed E-state index contributed by atoms with van der Waals surface area (Å²) in [7, 11) is 0. The van der Waals surface area contributed by atoms with Crippen LogP contribution in [0.4, 0.5) is 0 Å². The zero-order valence-electron chi connectivity index (χ0n) is 11.5. The minimum Gasteiger partial charge on any atom is -0.426 e. The number of rotatable bonds is 4. The number of carbonyl (C=O) groups excluding carboxylic acids is 2. The van der Waals surface area contributed by atoms with E-state index in [1.165, 1.54) is 0 Å². The van der Waals surface area contributed by atoms with Gasteiger partial charge in [0.2, 0.25) is 5.91 Å². The molecule has 0 bridgehead atoms. The van der Waals surface area contributed by atoms with Gasteiger partial charge in [-0.3, -0.25) is 4.79 Å². The van der Waals surface area contributed by atoms with Gasteiger partial charge in [-0.1, -0.05) is 0 Å². The summed E-state index contributed by atoms with van der Waals surface area (Å²) >= 11 is 0. The monoisotopic (exact) mass is 309 g/mol. The van der Waals surface area contributed by atoms with Crippen LogP contribution >= 0.6 is 0 Å². The maximum absolute atomic E-state index is 11.5. The molecular formula is C11H19NO9. The molecule has 1 saturated heterocycles. The number of carbonyl (C=O) groups is 2. The van der Waals surface area contributed by atoms with Gasteiger partial charge in [0.25, 0.3) is 5.79 Å². The van der Waals surface area contributed by atoms with Crippen molar-refractivity contribution in [2.24, 2.45) is 0 Å². The summed E-state index contributed by atoms with van der Waals surface area (Å²) in [5, 5.41) is 50.3. The summed E-state index contributed by atoms with van der Waals surface area (Å²) in [5.41, 5.74) is 0. The average Bonchev–Trinajstić information content (AvgIpc) is 2.39. The van der Waals surface area contributed by atoms with Crippen LogP contribution in [0.15, 0.2) is 0 Å². The summed E-state index contributed by atoms with van der Waals surface area (Å²) in [5.74, 6) is -4.79. The molecule has 0 aliphatic carbocycles. The lowest BCUT2D eigenvalue weighted by Gasteiger charge is -2.47. The van der Waals surface area contributed by atoms with Crippen molar-refractivity contribution in [2.75, 3.05) is 6.61 Å². The highest BCUT2D eigenvalue weighted by molar-refractivity contribution is 5.75. The van der Waals surface area contributed by atoms with Crippen molar-refractivity contribution in [3.63, 3.8) is 0 Å². The molecule has 6 N–H and O–H groups in total. The van der Waals surface area contributed by atoms with Gasteiger partial charge in [0, 0.05) is 6.92 Å². The van der Waals surface area contributed by atoms with Crippen molar-refractivity contribution in [2.45, 2.75) is 50.3 Å². The van der Waals surface area contributed by atoms with Crippen molar-refractivity contribution in [1.82, 2.24) is 5.32 Å². The van der Waals surface area contributed by atoms with Gasteiger partial charge in [-0.15, -0.1) is 0 Å². The molecule has 0 spiro atoms. The SMILES string of the molecule is CC(=O)N[C@@H]1C(O)O[C@H](CO)[C@H](O)[C@]1(O)OC(=O)C(C)O. The molecular weight excluding hydrogens is 290 g/mol. The van der Waals surface area contributed by atoms with E-state index in [9.17, 15) is 24.9 Å². The molecule has 1 heterocycles. The summed E-state index contributed by atoms with van der Waals surface area (Å²) in [6.45, 7) is 1.33. The molecule has 0 aromatic carbocycles. The number of nitrogens with one attached hydrogen (secondary N) is 1. The Kier molecular flexibility index (Phi) is 5.61. The van der Waals surface area contributed by atoms with Crippen molar-refractivity contribution < 1.29 is 44.6 Å². The molecule has 1 aliphatic heterocycles. The Bertz CT molecular complexity index is 401. The molecule has 1 aliphatic rings. The first-order chi connectivity index (χ1) is 9.63. The van der Waals surface area contributed by atoms with Crippen LogP contribution in [-0.4, -0.2) is 80.4 Å². The standard InChI is InChI=1S/C11H19NO9/c1-4(14)9(17)21-11(19)7(12-5(2)15)10(18)20-6(3-13)8(11)16/h4,6-8,10,13-14,16,18-19H,3H2,1-2H3,(H,12,15)/t4?,6-,7-,8+,10?,11-/m1/s1. The lowest BCUT2D eigenvalue weighted by Crippen LogP contribution is -2.73. The Morgan fingerprint density at radius 1 is 1.43 bits per heavy atom. The molecule has 1 fully saturated rings. The molecule has 2 unspecified atom stereocenters. The fraction of sp³-hybridized carbons (Fsp3) is 0.818. The van der Waals surface area contributed by atoms with Crippen LogP contribution in [-0.2, 0) is 19.1 Å². The van der Waals surface area contributed by atoms with E-state index < -0.39 is 54.9 Å². The van der Waals surface area contributed by atoms with Gasteiger partial charge < -0.3 is 40.3 Å². The third-order valence-electron chi connectivity index (χ3n) is 2.96. The van der Waals surface area contributed by atoms with Gasteiger partial charge in [0.1, 0.15) is 24.4 Å². The van der Waals surface area contributed by atoms with E-state index in [-0.39, 0.29) is 0 Å². The van der Waals surface area contributed by atoms with Crippen molar-refractivity contribution in [3.05, 3.63) is 0 Å². The molecule has 10 nitrogen and oxygen atoms in total. The number of ether oxygens (including phenoxy) is 2. The molecule has 0 radical (unpaired) electrons. The van der Waals surface area contributed by atoms with Crippen LogP contribution < -0.4 is 5.32 Å². The molecule has 0 saturated carbocycles. The highest BCUT2D eigenvalue weighted by atomic mass is 16.7. The maximum Gasteiger partial charge on any atom is 0.337 e. The Morgan fingerprint density at radius 3 is 2.43 bits per heavy atom. The molecule has 21 heavy (non-hydrogen) atoms. The van der Waals surface area contributed by atoms with E-state index in [0.29, 0.717) is 0 Å². The average molecular weight is 309 g/mol. The van der Waals surface area contributed by atoms with Crippen LogP contribution in [0.3, 0.4) is 0 Å². The zero-order chi connectivity index (χ0) is 16.4. The van der Waals surface area contributed by atoms with Crippen molar-refractivity contribution in [3.8, 4) is 0 Å². The van der Waals surface area contributed by atoms with Crippen LogP contribution in [0.5, 0.6) is 0 Å². The zero-order valence-corrected chi connectivity index (χ0v) is 11.5. The smallest absolute Gasteiger partial charge is 0.337 e. The topological polar surface area (TPSA) is 166 Å². The largest absolute Gasteiger partial charge is 0.426 e. The van der Waals surface area contributed by atoms with E-state index in [1.807, 2.05) is 0 Å². The van der Waals surface area contributed by atoms with Crippen LogP contribution in [0.1, 0.15) is 13.8 Å². The molecule has 10 heteroatoms. The van der Waals surface area contributed by atoms with Gasteiger partial charge >= 0.3 is 5.97 Å². The minimum atomic E-state index is -2.79. The van der Waals surface area contributed by atoms with E-state index in [0.717, 1.165) is 13.8 Å². The molecule has 6 atom stereocenters. The Labute approximate surface area is 119 Å². The van der Waals surface area contributed by atoms with Gasteiger partial charge in [0.05, 0.1) is 6.61 Å². The Balaban J connectivity index is 3.12. The molecule has 1 amide bonds. The van der Waals surface area contributed by atoms with E-state index >= 15 is 0 Å². The number of esters is 1. The number of hydrogen-bond donors (Lipinski definition) is 6. The van der Waals surface area contributed by atoms with Crippen molar-refractivity contribution >= 4 is 11.9 Å². The third-order valence-corrected chi connectivity index (χ3v) is 2.96. The predicted molar refractivity (Wildman–Crippen MR) is 64.3 cm³/mol. The first-order valence-electron chi connectivity index (χ1n) is 6.16. The fourth-order valence-corrected chi connectivity index (χ4v) is 1.89. The summed E-state index contributed by atoms with van der Waals surface area (Å²) in [6, 6.07) is -1.71. The van der Waals surface area contributed by atoms with Gasteiger partial charge in [0.15, 0.2) is 6.29 Å². The summed E-state index contributed by atoms with van der Waals surface area (Å²) in [6.07, 6.45) is -6.91. The van der Waals surface area contributed by atoms with E-state index in [1.54, 1.807) is 0 Å². The van der Waals surface area contributed by atoms with Crippen LogP contribution in [0, 0.1) is 0 Å². The number of hydrogen-bond acceptors (Lipinski definition) is 9. The lowest BCUT2D eigenvalue weighted by molar-refractivity contribution is -0.353. The van der Waals surface area contributed by atoms with Gasteiger partial charge in [-0.05, 0) is 6.92 Å². The minimum absolute atomic E-state index is 0.705. The molecule has 0 aromatic rings. The first kappa shape index (κ1) is 17.8. The molecule has 122 valence electrons. The number of aliphatic hydroxyl groups is 5. The quantitative estimate of drug-likeness (QED) is 0.225. The first-order valence-corrected chi connectivity index (χ1v) is 6.16. The van der Waals surface area contributed by atoms with E-state index in [4.69, 9.17) is 14.9 Å². The van der Waals surface area contributed by atoms with Gasteiger partial charge in [-0.25, -0.2) is 4.79 Å². The van der Waals surface area contributed by atoms with Gasteiger partial charge in [-0.2, -0.15) is 0 Å². The summed E-state index contributed by atoms with van der Waals surface area (Å²) < 4.78 is 9.45. The van der Waals surface area contributed by atoms with Crippen LogP contribution in [0.25, 0.3) is 0 Å². The van der Waals surface area contributed by atoms with Crippen molar-refractivity contribution in [1.29, 1.82) is 0 Å². The Hall–Kier alpha value is -1.30. The molecule has 1 rings (SSSR count). The normalized spacial score (nSPS) is 37.7. The third kappa shape index (κ3) is 3.67. The second-order valence-electron chi connectivity index (χ2n) is 4.72. The molecule has 0 aromatic heterocycles. The Morgan fingerprint density at radius 2 is 2.00 bits per heavy atom. The maximum atomic E-state index is 11.5. The second-order valence-corrected chi connectivity index (χ2v) is 4.72. The number of amides is 1. The fourth-order valence-electron chi connectivity index (χ4n) is 1.89. The lowest BCUT2D eigenvalue weighted by atomic mass is 9.92.